The summed E-state index contributed by atoms with van der Waals surface area (Å²) in [5.74, 6) is -0.876. The van der Waals surface area contributed by atoms with Gasteiger partial charge in [0.15, 0.2) is 6.10 Å². The van der Waals surface area contributed by atoms with E-state index in [2.05, 4.69) is 45.1 Å². The zero-order chi connectivity index (χ0) is 45.1. The first-order valence-corrected chi connectivity index (χ1v) is 27.3. The SMILES string of the molecule is CCCCC/C=C\CCCCCCCC(=O)OC[C@H](COC(=O)CCCCCCCCCCCCCCCCCCCC)OC(=O)CCCCCCC/C=C\CCCCCCC. The molecule has 364 valence electrons. The molecule has 62 heavy (non-hydrogen) atoms. The van der Waals surface area contributed by atoms with Crippen LogP contribution in [0.3, 0.4) is 0 Å². The molecule has 0 aliphatic heterocycles. The molecular weight excluding hydrogens is 769 g/mol. The average Bonchev–Trinajstić information content (AvgIpc) is 3.27. The minimum Gasteiger partial charge on any atom is -0.462 e. The topological polar surface area (TPSA) is 78.9 Å². The number of carbonyl (C=O) groups excluding carboxylic acids is 3. The largest absolute Gasteiger partial charge is 0.462 e. The zero-order valence-electron chi connectivity index (χ0n) is 41.7. The number of rotatable bonds is 50. The number of esters is 3. The maximum absolute atomic E-state index is 12.8. The second-order valence-corrected chi connectivity index (χ2v) is 18.5. The third-order valence-electron chi connectivity index (χ3n) is 12.2. The minimum absolute atomic E-state index is 0.0732. The van der Waals surface area contributed by atoms with Crippen molar-refractivity contribution >= 4 is 17.9 Å². The van der Waals surface area contributed by atoms with Crippen LogP contribution in [0.25, 0.3) is 0 Å². The van der Waals surface area contributed by atoms with E-state index in [9.17, 15) is 14.4 Å². The van der Waals surface area contributed by atoms with Crippen molar-refractivity contribution in [3.63, 3.8) is 0 Å². The molecule has 0 aliphatic carbocycles. The Morgan fingerprint density at radius 1 is 0.306 bits per heavy atom. The number of ether oxygens (including phenoxy) is 3. The quantitative estimate of drug-likeness (QED) is 0.0262. The summed E-state index contributed by atoms with van der Waals surface area (Å²) in [6.45, 7) is 6.63. The van der Waals surface area contributed by atoms with Crippen LogP contribution in [0.5, 0.6) is 0 Å². The fourth-order valence-electron chi connectivity index (χ4n) is 8.02. The van der Waals surface area contributed by atoms with E-state index in [0.29, 0.717) is 19.3 Å². The summed E-state index contributed by atoms with van der Waals surface area (Å²) in [7, 11) is 0. The third-order valence-corrected chi connectivity index (χ3v) is 12.2. The van der Waals surface area contributed by atoms with Crippen LogP contribution in [0.1, 0.15) is 297 Å². The second-order valence-electron chi connectivity index (χ2n) is 18.5. The van der Waals surface area contributed by atoms with Gasteiger partial charge in [-0.3, -0.25) is 14.4 Å². The zero-order valence-corrected chi connectivity index (χ0v) is 41.7. The predicted octanol–water partition coefficient (Wildman–Crippen LogP) is 17.9. The van der Waals surface area contributed by atoms with Crippen LogP contribution in [0.4, 0.5) is 0 Å². The summed E-state index contributed by atoms with van der Waals surface area (Å²) < 4.78 is 16.8. The van der Waals surface area contributed by atoms with Crippen LogP contribution in [0, 0.1) is 0 Å². The summed E-state index contributed by atoms with van der Waals surface area (Å²) >= 11 is 0. The fraction of sp³-hybridized carbons (Fsp3) is 0.875. The Hall–Kier alpha value is -2.11. The van der Waals surface area contributed by atoms with Gasteiger partial charge >= 0.3 is 17.9 Å². The van der Waals surface area contributed by atoms with Crippen molar-refractivity contribution in [3.8, 4) is 0 Å². The highest BCUT2D eigenvalue weighted by molar-refractivity contribution is 5.71. The molecule has 0 aliphatic rings. The first kappa shape index (κ1) is 59.9. The Kier molecular flexibility index (Phi) is 49.8. The van der Waals surface area contributed by atoms with Gasteiger partial charge in [-0.25, -0.2) is 0 Å². The Labute approximate surface area is 385 Å². The standard InChI is InChI=1S/C56H104O6/c1-4-7-10-13-16-19-22-25-27-28-29-30-32-34-37-40-43-46-49-55(58)61-52-53(51-60-54(57)48-45-42-39-36-33-24-21-18-15-12-9-6-3)62-56(59)50-47-44-41-38-35-31-26-23-20-17-14-11-8-5-2/h18,21,23,26,53H,4-17,19-20,22,24-25,27-52H2,1-3H3/b21-18-,26-23-/t53-/m1/s1. The highest BCUT2D eigenvalue weighted by Gasteiger charge is 2.19. The third kappa shape index (κ3) is 48.9. The van der Waals surface area contributed by atoms with Crippen molar-refractivity contribution < 1.29 is 28.6 Å². The highest BCUT2D eigenvalue weighted by Crippen LogP contribution is 2.16. The van der Waals surface area contributed by atoms with Crippen molar-refractivity contribution in [1.82, 2.24) is 0 Å². The molecule has 0 heterocycles. The molecule has 1 atom stereocenters. The van der Waals surface area contributed by atoms with Gasteiger partial charge in [0.2, 0.25) is 0 Å². The molecule has 6 heteroatoms. The number of allylic oxidation sites excluding steroid dienone is 4. The van der Waals surface area contributed by atoms with E-state index >= 15 is 0 Å². The Bertz CT molecular complexity index is 1000. The summed E-state index contributed by atoms with van der Waals surface area (Å²) in [6.07, 6.45) is 58.8. The summed E-state index contributed by atoms with van der Waals surface area (Å²) in [6, 6.07) is 0. The van der Waals surface area contributed by atoms with Gasteiger partial charge in [-0.1, -0.05) is 231 Å². The molecule has 0 aromatic heterocycles. The van der Waals surface area contributed by atoms with Gasteiger partial charge in [0.25, 0.3) is 0 Å². The lowest BCUT2D eigenvalue weighted by Gasteiger charge is -2.18. The maximum Gasteiger partial charge on any atom is 0.306 e. The van der Waals surface area contributed by atoms with Crippen molar-refractivity contribution in [1.29, 1.82) is 0 Å². The van der Waals surface area contributed by atoms with E-state index in [1.54, 1.807) is 0 Å². The molecule has 0 fully saturated rings. The van der Waals surface area contributed by atoms with Crippen LogP contribution in [0.15, 0.2) is 24.3 Å². The Morgan fingerprint density at radius 3 is 0.839 bits per heavy atom. The molecule has 0 radical (unpaired) electrons. The molecule has 0 rings (SSSR count). The van der Waals surface area contributed by atoms with Gasteiger partial charge in [0.05, 0.1) is 0 Å². The Morgan fingerprint density at radius 2 is 0.532 bits per heavy atom. The lowest BCUT2D eigenvalue weighted by Crippen LogP contribution is -2.30. The molecule has 0 bridgehead atoms. The molecular formula is C56H104O6. The maximum atomic E-state index is 12.8. The van der Waals surface area contributed by atoms with Gasteiger partial charge in [-0.2, -0.15) is 0 Å². The van der Waals surface area contributed by atoms with Crippen LogP contribution < -0.4 is 0 Å². The molecule has 0 amide bonds. The lowest BCUT2D eigenvalue weighted by molar-refractivity contribution is -0.167. The normalized spacial score (nSPS) is 12.1. The monoisotopic (exact) mass is 873 g/mol. The van der Waals surface area contributed by atoms with E-state index in [4.69, 9.17) is 14.2 Å². The van der Waals surface area contributed by atoms with Gasteiger partial charge in [0, 0.05) is 19.3 Å². The first-order valence-electron chi connectivity index (χ1n) is 27.3. The molecule has 0 N–H and O–H groups in total. The lowest BCUT2D eigenvalue weighted by atomic mass is 10.0. The highest BCUT2D eigenvalue weighted by atomic mass is 16.6. The minimum atomic E-state index is -0.774. The molecule has 0 saturated carbocycles. The van der Waals surface area contributed by atoms with E-state index in [1.807, 2.05) is 0 Å². The van der Waals surface area contributed by atoms with E-state index in [-0.39, 0.29) is 31.1 Å². The van der Waals surface area contributed by atoms with Crippen LogP contribution in [0.2, 0.25) is 0 Å². The van der Waals surface area contributed by atoms with E-state index in [1.165, 1.54) is 186 Å². The summed E-state index contributed by atoms with van der Waals surface area (Å²) in [5.41, 5.74) is 0. The smallest absolute Gasteiger partial charge is 0.306 e. The summed E-state index contributed by atoms with van der Waals surface area (Å²) in [5, 5.41) is 0. The molecule has 6 nitrogen and oxygen atoms in total. The molecule has 0 aromatic rings. The van der Waals surface area contributed by atoms with Crippen molar-refractivity contribution in [2.24, 2.45) is 0 Å². The van der Waals surface area contributed by atoms with Crippen LogP contribution in [-0.2, 0) is 28.6 Å². The molecule has 0 saturated heterocycles. The number of unbranched alkanes of at least 4 members (excludes halogenated alkanes) is 35. The average molecular weight is 873 g/mol. The van der Waals surface area contributed by atoms with Crippen molar-refractivity contribution in [2.45, 2.75) is 303 Å². The van der Waals surface area contributed by atoms with E-state index < -0.39 is 6.10 Å². The molecule has 0 aromatic carbocycles. The predicted molar refractivity (Wildman–Crippen MR) is 266 cm³/mol. The first-order chi connectivity index (χ1) is 30.5. The van der Waals surface area contributed by atoms with Gasteiger partial charge in [-0.05, 0) is 70.6 Å². The van der Waals surface area contributed by atoms with Crippen molar-refractivity contribution in [2.75, 3.05) is 13.2 Å². The van der Waals surface area contributed by atoms with Crippen LogP contribution >= 0.6 is 0 Å². The van der Waals surface area contributed by atoms with Crippen LogP contribution in [-0.4, -0.2) is 37.2 Å². The molecule has 0 unspecified atom stereocenters. The fourth-order valence-corrected chi connectivity index (χ4v) is 8.02. The van der Waals surface area contributed by atoms with Gasteiger partial charge in [-0.15, -0.1) is 0 Å². The number of carbonyl (C=O) groups is 3. The van der Waals surface area contributed by atoms with E-state index in [0.717, 1.165) is 70.6 Å². The number of hydrogen-bond donors (Lipinski definition) is 0. The van der Waals surface area contributed by atoms with Crippen molar-refractivity contribution in [3.05, 3.63) is 24.3 Å². The second kappa shape index (κ2) is 51.5. The molecule has 0 spiro atoms. The Balaban J connectivity index is 4.31. The van der Waals surface area contributed by atoms with Gasteiger partial charge in [0.1, 0.15) is 13.2 Å². The van der Waals surface area contributed by atoms with Gasteiger partial charge < -0.3 is 14.2 Å². The summed E-state index contributed by atoms with van der Waals surface area (Å²) in [4.78, 5) is 38.0. The number of hydrogen-bond acceptors (Lipinski definition) is 6.